The van der Waals surface area contributed by atoms with Crippen LogP contribution >= 0.6 is 43.2 Å². The lowest BCUT2D eigenvalue weighted by Crippen LogP contribution is -2.10. The van der Waals surface area contributed by atoms with Crippen molar-refractivity contribution in [2.45, 2.75) is 12.7 Å². The second kappa shape index (κ2) is 5.85. The van der Waals surface area contributed by atoms with Crippen LogP contribution in [0.2, 0.25) is 0 Å². The molecule has 1 heterocycles. The largest absolute Gasteiger partial charge is 0.418 e. The van der Waals surface area contributed by atoms with Gasteiger partial charge in [0, 0.05) is 19.5 Å². The van der Waals surface area contributed by atoms with Crippen molar-refractivity contribution >= 4 is 48.9 Å². The molecule has 0 fully saturated rings. The molecule has 0 aliphatic rings. The van der Waals surface area contributed by atoms with Gasteiger partial charge in [-0.25, -0.2) is 0 Å². The Hall–Kier alpha value is -0.530. The van der Waals surface area contributed by atoms with E-state index in [0.29, 0.717) is 11.0 Å². The Morgan fingerprint density at radius 3 is 2.47 bits per heavy atom. The van der Waals surface area contributed by atoms with Gasteiger partial charge < -0.3 is 5.32 Å². The van der Waals surface area contributed by atoms with Crippen LogP contribution in [0.15, 0.2) is 38.6 Å². The summed E-state index contributed by atoms with van der Waals surface area (Å²) < 4.78 is 40.0. The van der Waals surface area contributed by atoms with E-state index in [9.17, 15) is 13.2 Å². The van der Waals surface area contributed by atoms with Crippen LogP contribution < -0.4 is 5.32 Å². The predicted octanol–water partition coefficient (Wildman–Crippen LogP) is 5.90. The van der Waals surface area contributed by atoms with E-state index in [4.69, 9.17) is 0 Å². The van der Waals surface area contributed by atoms with Crippen molar-refractivity contribution in [3.63, 3.8) is 0 Å². The Kier molecular flexibility index (Phi) is 4.58. The number of hydrogen-bond acceptors (Lipinski definition) is 2. The predicted molar refractivity (Wildman–Crippen MR) is 78.5 cm³/mol. The zero-order valence-electron chi connectivity index (χ0n) is 9.39. The zero-order valence-corrected chi connectivity index (χ0v) is 13.4. The second-order valence-electron chi connectivity index (χ2n) is 3.73. The molecule has 1 aromatic carbocycles. The number of rotatable bonds is 3. The number of alkyl halides is 3. The first-order chi connectivity index (χ1) is 8.88. The number of nitrogens with one attached hydrogen (secondary N) is 1. The Labute approximate surface area is 129 Å². The topological polar surface area (TPSA) is 12.0 Å². The maximum absolute atomic E-state index is 12.9. The van der Waals surface area contributed by atoms with Gasteiger partial charge in [0.15, 0.2) is 0 Å². The first kappa shape index (κ1) is 14.9. The molecule has 0 saturated heterocycles. The highest BCUT2D eigenvalue weighted by Gasteiger charge is 2.33. The van der Waals surface area contributed by atoms with Gasteiger partial charge >= 0.3 is 6.18 Å². The minimum absolute atomic E-state index is 0.0796. The summed E-state index contributed by atoms with van der Waals surface area (Å²) in [6.07, 6.45) is -4.38. The quantitative estimate of drug-likeness (QED) is 0.658. The summed E-state index contributed by atoms with van der Waals surface area (Å²) in [5, 5.41) is 4.71. The van der Waals surface area contributed by atoms with E-state index >= 15 is 0 Å². The minimum Gasteiger partial charge on any atom is -0.380 e. The van der Waals surface area contributed by atoms with E-state index in [2.05, 4.69) is 37.2 Å². The molecule has 1 N–H and O–H groups in total. The molecule has 7 heteroatoms. The summed E-state index contributed by atoms with van der Waals surface area (Å²) in [5.41, 5.74) is -0.592. The number of hydrogen-bond donors (Lipinski definition) is 1. The Morgan fingerprint density at radius 1 is 1.16 bits per heavy atom. The lowest BCUT2D eigenvalue weighted by molar-refractivity contribution is -0.137. The average molecular weight is 415 g/mol. The van der Waals surface area contributed by atoms with E-state index < -0.39 is 11.7 Å². The molecular weight excluding hydrogens is 407 g/mol. The van der Waals surface area contributed by atoms with Crippen molar-refractivity contribution in [1.82, 2.24) is 0 Å². The molecule has 1 aromatic heterocycles. The molecule has 2 aromatic rings. The fourth-order valence-electron chi connectivity index (χ4n) is 1.53. The molecule has 19 heavy (non-hydrogen) atoms. The van der Waals surface area contributed by atoms with E-state index in [1.807, 2.05) is 11.4 Å². The molecule has 0 bridgehead atoms. The minimum atomic E-state index is -4.38. The number of benzene rings is 1. The van der Waals surface area contributed by atoms with Crippen molar-refractivity contribution < 1.29 is 13.2 Å². The molecule has 0 aliphatic carbocycles. The van der Waals surface area contributed by atoms with Gasteiger partial charge in [-0.3, -0.25) is 0 Å². The maximum atomic E-state index is 12.9. The van der Waals surface area contributed by atoms with Crippen LogP contribution in [-0.2, 0) is 12.7 Å². The molecule has 0 atom stereocenters. The summed E-state index contributed by atoms with van der Waals surface area (Å²) in [7, 11) is 0. The van der Waals surface area contributed by atoms with Crippen LogP contribution in [0.25, 0.3) is 0 Å². The summed E-state index contributed by atoms with van der Waals surface area (Å²) in [5.74, 6) is 0. The molecule has 0 amide bonds. The smallest absolute Gasteiger partial charge is 0.380 e. The van der Waals surface area contributed by atoms with Gasteiger partial charge in [0.1, 0.15) is 0 Å². The van der Waals surface area contributed by atoms with E-state index in [1.54, 1.807) is 6.07 Å². The number of halogens is 5. The van der Waals surface area contributed by atoms with Crippen LogP contribution in [0, 0.1) is 0 Å². The summed E-state index contributed by atoms with van der Waals surface area (Å²) in [6, 6.07) is 5.95. The van der Waals surface area contributed by atoms with Crippen molar-refractivity contribution in [2.24, 2.45) is 0 Å². The SMILES string of the molecule is FC(F)(F)c1cc(Br)ccc1NCc1sccc1Br. The highest BCUT2D eigenvalue weighted by atomic mass is 79.9. The second-order valence-corrected chi connectivity index (χ2v) is 6.50. The van der Waals surface area contributed by atoms with Crippen molar-refractivity contribution in [2.75, 3.05) is 5.32 Å². The van der Waals surface area contributed by atoms with Crippen LogP contribution in [-0.4, -0.2) is 0 Å². The molecule has 2 rings (SSSR count). The molecule has 1 nitrogen and oxygen atoms in total. The fourth-order valence-corrected chi connectivity index (χ4v) is 3.33. The van der Waals surface area contributed by atoms with Crippen molar-refractivity contribution in [1.29, 1.82) is 0 Å². The van der Waals surface area contributed by atoms with Gasteiger partial charge in [-0.15, -0.1) is 11.3 Å². The van der Waals surface area contributed by atoms with Crippen LogP contribution in [0.4, 0.5) is 18.9 Å². The van der Waals surface area contributed by atoms with Crippen LogP contribution in [0.3, 0.4) is 0 Å². The normalized spacial score (nSPS) is 11.6. The first-order valence-corrected chi connectivity index (χ1v) is 7.67. The van der Waals surface area contributed by atoms with Crippen LogP contribution in [0.5, 0.6) is 0 Å². The van der Waals surface area contributed by atoms with Crippen molar-refractivity contribution in [3.8, 4) is 0 Å². The summed E-state index contributed by atoms with van der Waals surface area (Å²) in [6.45, 7) is 0.350. The molecule has 0 aliphatic heterocycles. The van der Waals surface area contributed by atoms with Gasteiger partial charge in [0.2, 0.25) is 0 Å². The average Bonchev–Trinajstić information content (AvgIpc) is 2.72. The lowest BCUT2D eigenvalue weighted by atomic mass is 10.1. The molecule has 0 unspecified atom stereocenters. The van der Waals surface area contributed by atoms with Crippen LogP contribution in [0.1, 0.15) is 10.4 Å². The lowest BCUT2D eigenvalue weighted by Gasteiger charge is -2.14. The summed E-state index contributed by atoms with van der Waals surface area (Å²) in [4.78, 5) is 0.955. The van der Waals surface area contributed by atoms with Gasteiger partial charge in [0.05, 0.1) is 12.1 Å². The highest BCUT2D eigenvalue weighted by Crippen LogP contribution is 2.37. The third kappa shape index (κ3) is 3.73. The Morgan fingerprint density at radius 2 is 1.89 bits per heavy atom. The Balaban J connectivity index is 2.23. The third-order valence-corrected chi connectivity index (χ3v) is 4.84. The van der Waals surface area contributed by atoms with E-state index in [-0.39, 0.29) is 5.69 Å². The van der Waals surface area contributed by atoms with Gasteiger partial charge in [-0.05, 0) is 45.6 Å². The van der Waals surface area contributed by atoms with E-state index in [1.165, 1.54) is 17.4 Å². The monoisotopic (exact) mass is 413 g/mol. The van der Waals surface area contributed by atoms with E-state index in [0.717, 1.165) is 15.4 Å². The summed E-state index contributed by atoms with van der Waals surface area (Å²) >= 11 is 7.89. The van der Waals surface area contributed by atoms with Crippen molar-refractivity contribution in [3.05, 3.63) is 49.0 Å². The third-order valence-electron chi connectivity index (χ3n) is 2.42. The molecule has 0 radical (unpaired) electrons. The molecule has 0 saturated carbocycles. The molecular formula is C12H8Br2F3NS. The van der Waals surface area contributed by atoms with Gasteiger partial charge in [-0.2, -0.15) is 13.2 Å². The number of thiophene rings is 1. The number of anilines is 1. The standard InChI is InChI=1S/C12H8Br2F3NS/c13-7-1-2-10(8(5-7)12(15,16)17)18-6-11-9(14)3-4-19-11/h1-5,18H,6H2. The molecule has 102 valence electrons. The zero-order chi connectivity index (χ0) is 14.0. The van der Waals surface area contributed by atoms with Gasteiger partial charge in [0.25, 0.3) is 0 Å². The molecule has 0 spiro atoms. The Bertz CT molecular complexity index is 581. The maximum Gasteiger partial charge on any atom is 0.418 e. The van der Waals surface area contributed by atoms with Gasteiger partial charge in [-0.1, -0.05) is 15.9 Å². The fraction of sp³-hybridized carbons (Fsp3) is 0.167. The highest BCUT2D eigenvalue weighted by molar-refractivity contribution is 9.10. The first-order valence-electron chi connectivity index (χ1n) is 5.20.